The number of Topliss-reactive ketones (excluding diaryl/α,β-unsaturated/α-hetero) is 1. The van der Waals surface area contributed by atoms with Crippen LogP contribution in [0.2, 0.25) is 0 Å². The summed E-state index contributed by atoms with van der Waals surface area (Å²) in [6.07, 6.45) is 0. The molecule has 1 atom stereocenters. The van der Waals surface area contributed by atoms with Crippen LogP contribution < -0.4 is 0 Å². The van der Waals surface area contributed by atoms with Crippen molar-refractivity contribution in [2.75, 3.05) is 27.9 Å². The molecular formula is C17H17NO9. The molecule has 1 aromatic rings. The Labute approximate surface area is 153 Å². The molecule has 0 spiro atoms. The van der Waals surface area contributed by atoms with Gasteiger partial charge in [0.15, 0.2) is 12.5 Å². The smallest absolute Gasteiger partial charge is 0.321 e. The fourth-order valence-electron chi connectivity index (χ4n) is 2.82. The molecular weight excluding hydrogens is 362 g/mol. The molecule has 0 amide bonds. The lowest BCUT2D eigenvalue weighted by Gasteiger charge is -2.24. The van der Waals surface area contributed by atoms with Gasteiger partial charge in [-0.25, -0.2) is 0 Å². The molecule has 2 rings (SSSR count). The Morgan fingerprint density at radius 3 is 2.11 bits per heavy atom. The van der Waals surface area contributed by atoms with Crippen molar-refractivity contribution in [3.8, 4) is 0 Å². The topological polar surface area (TPSA) is 131 Å². The molecule has 0 fully saturated rings. The van der Waals surface area contributed by atoms with Crippen molar-refractivity contribution < 1.29 is 38.3 Å². The molecule has 10 nitrogen and oxygen atoms in total. The third-order valence-electron chi connectivity index (χ3n) is 4.06. The molecule has 0 aliphatic carbocycles. The second-order valence-electron chi connectivity index (χ2n) is 5.47. The molecule has 27 heavy (non-hydrogen) atoms. The molecule has 10 heteroatoms. The number of carbonyl (C=O) groups excluding carboxylic acids is 3. The fraction of sp³-hybridized carbons (Fsp3) is 0.353. The van der Waals surface area contributed by atoms with Crippen LogP contribution in [0.25, 0.3) is 0 Å². The van der Waals surface area contributed by atoms with E-state index in [-0.39, 0.29) is 29.4 Å². The third kappa shape index (κ3) is 3.89. The first kappa shape index (κ1) is 19.9. The van der Waals surface area contributed by atoms with E-state index >= 15 is 0 Å². The van der Waals surface area contributed by atoms with E-state index in [1.165, 1.54) is 31.4 Å². The molecule has 144 valence electrons. The van der Waals surface area contributed by atoms with Gasteiger partial charge < -0.3 is 18.9 Å². The Bertz CT molecular complexity index is 781. The molecule has 0 radical (unpaired) electrons. The Morgan fingerprint density at radius 1 is 1.11 bits per heavy atom. The summed E-state index contributed by atoms with van der Waals surface area (Å²) in [6.45, 7) is -0.322. The summed E-state index contributed by atoms with van der Waals surface area (Å²) in [6, 6.07) is 5.07. The van der Waals surface area contributed by atoms with Gasteiger partial charge in [0.1, 0.15) is 0 Å². The zero-order valence-corrected chi connectivity index (χ0v) is 14.8. The average molecular weight is 379 g/mol. The fourth-order valence-corrected chi connectivity index (χ4v) is 2.82. The summed E-state index contributed by atoms with van der Waals surface area (Å²) >= 11 is 0. The highest BCUT2D eigenvalue weighted by atomic mass is 16.7. The summed E-state index contributed by atoms with van der Waals surface area (Å²) in [7, 11) is 3.44. The second kappa shape index (κ2) is 8.30. The number of non-ortho nitro benzene ring substituents is 1. The molecule has 0 bridgehead atoms. The minimum atomic E-state index is -1.53. The van der Waals surface area contributed by atoms with Crippen molar-refractivity contribution >= 4 is 23.4 Å². The van der Waals surface area contributed by atoms with Gasteiger partial charge in [-0.05, 0) is 5.56 Å². The zero-order valence-electron chi connectivity index (χ0n) is 14.8. The van der Waals surface area contributed by atoms with E-state index in [0.29, 0.717) is 0 Å². The number of hydrogen-bond acceptors (Lipinski definition) is 9. The number of hydrogen-bond donors (Lipinski definition) is 0. The second-order valence-corrected chi connectivity index (χ2v) is 5.47. The first-order valence-electron chi connectivity index (χ1n) is 7.69. The van der Waals surface area contributed by atoms with Gasteiger partial charge in [0.25, 0.3) is 11.6 Å². The highest BCUT2D eigenvalue weighted by Gasteiger charge is 2.46. The van der Waals surface area contributed by atoms with E-state index in [4.69, 9.17) is 18.9 Å². The number of nitro benzene ring substituents is 1. The van der Waals surface area contributed by atoms with E-state index in [2.05, 4.69) is 0 Å². The molecule has 0 N–H and O–H groups in total. The number of rotatable bonds is 7. The molecule has 0 saturated heterocycles. The molecule has 1 heterocycles. The molecule has 0 saturated carbocycles. The lowest BCUT2D eigenvalue weighted by molar-refractivity contribution is -0.384. The minimum Gasteiger partial charge on any atom is -0.468 e. The molecule has 1 aliphatic rings. The van der Waals surface area contributed by atoms with Crippen LogP contribution in [0.4, 0.5) is 5.69 Å². The van der Waals surface area contributed by atoms with Crippen molar-refractivity contribution in [2.24, 2.45) is 5.92 Å². The van der Waals surface area contributed by atoms with Crippen molar-refractivity contribution in [2.45, 2.75) is 5.92 Å². The highest BCUT2D eigenvalue weighted by Crippen LogP contribution is 2.39. The van der Waals surface area contributed by atoms with Crippen LogP contribution in [0, 0.1) is 16.0 Å². The van der Waals surface area contributed by atoms with Gasteiger partial charge in [-0.2, -0.15) is 0 Å². The number of nitrogens with zero attached hydrogens (tertiary/aromatic N) is 1. The molecule has 1 unspecified atom stereocenters. The van der Waals surface area contributed by atoms with Gasteiger partial charge in [-0.15, -0.1) is 0 Å². The third-order valence-corrected chi connectivity index (χ3v) is 4.06. The molecule has 1 aliphatic heterocycles. The largest absolute Gasteiger partial charge is 0.468 e. The summed E-state index contributed by atoms with van der Waals surface area (Å²) in [5.41, 5.74) is 0.0390. The van der Waals surface area contributed by atoms with E-state index in [1.807, 2.05) is 0 Å². The number of ether oxygens (including phenoxy) is 4. The van der Waals surface area contributed by atoms with E-state index < -0.39 is 34.5 Å². The average Bonchev–Trinajstić information content (AvgIpc) is 3.05. The quantitative estimate of drug-likeness (QED) is 0.296. The van der Waals surface area contributed by atoms with Gasteiger partial charge in [-0.3, -0.25) is 24.5 Å². The maximum absolute atomic E-state index is 12.4. The van der Waals surface area contributed by atoms with Crippen LogP contribution >= 0.6 is 0 Å². The van der Waals surface area contributed by atoms with Crippen LogP contribution in [0.5, 0.6) is 0 Å². The SMILES string of the molecule is COC(=O)C(C(=O)OC)C(C1=C(OC)OCC1=O)c1ccc([N+](=O)[O-])cc1. The van der Waals surface area contributed by atoms with E-state index in [9.17, 15) is 24.5 Å². The lowest BCUT2D eigenvalue weighted by atomic mass is 9.79. The van der Waals surface area contributed by atoms with Crippen LogP contribution in [0.3, 0.4) is 0 Å². The maximum atomic E-state index is 12.4. The monoisotopic (exact) mass is 379 g/mol. The van der Waals surface area contributed by atoms with Gasteiger partial charge >= 0.3 is 11.9 Å². The summed E-state index contributed by atoms with van der Waals surface area (Å²) in [4.78, 5) is 47.3. The number of ketones is 1. The van der Waals surface area contributed by atoms with Crippen molar-refractivity contribution in [1.29, 1.82) is 0 Å². The molecule has 0 aromatic heterocycles. The maximum Gasteiger partial charge on any atom is 0.321 e. The summed E-state index contributed by atoms with van der Waals surface area (Å²) in [5.74, 6) is -5.21. The number of esters is 2. The molecule has 1 aromatic carbocycles. The van der Waals surface area contributed by atoms with Crippen molar-refractivity contribution in [3.05, 3.63) is 51.5 Å². The van der Waals surface area contributed by atoms with Crippen LogP contribution in [-0.4, -0.2) is 50.6 Å². The number of benzene rings is 1. The normalized spacial score (nSPS) is 14.6. The first-order valence-corrected chi connectivity index (χ1v) is 7.69. The van der Waals surface area contributed by atoms with E-state index in [1.54, 1.807) is 0 Å². The Hall–Kier alpha value is -3.43. The Kier molecular flexibility index (Phi) is 6.11. The van der Waals surface area contributed by atoms with Gasteiger partial charge in [-0.1, -0.05) is 12.1 Å². The van der Waals surface area contributed by atoms with Crippen LogP contribution in [0.1, 0.15) is 11.5 Å². The number of methoxy groups -OCH3 is 3. The van der Waals surface area contributed by atoms with Crippen LogP contribution in [-0.2, 0) is 33.3 Å². The van der Waals surface area contributed by atoms with Crippen molar-refractivity contribution in [3.63, 3.8) is 0 Å². The number of nitro groups is 1. The van der Waals surface area contributed by atoms with Crippen LogP contribution in [0.15, 0.2) is 35.8 Å². The highest BCUT2D eigenvalue weighted by molar-refractivity contribution is 6.04. The first-order chi connectivity index (χ1) is 12.8. The van der Waals surface area contributed by atoms with Gasteiger partial charge in [0.05, 0.1) is 31.8 Å². The predicted octanol–water partition coefficient (Wildman–Crippen LogP) is 1.10. The lowest BCUT2D eigenvalue weighted by Crippen LogP contribution is -2.34. The summed E-state index contributed by atoms with van der Waals surface area (Å²) in [5, 5.41) is 10.9. The van der Waals surface area contributed by atoms with Crippen molar-refractivity contribution in [1.82, 2.24) is 0 Å². The Balaban J connectivity index is 2.67. The zero-order chi connectivity index (χ0) is 20.1. The van der Waals surface area contributed by atoms with Gasteiger partial charge in [0, 0.05) is 18.1 Å². The summed E-state index contributed by atoms with van der Waals surface area (Å²) < 4.78 is 19.6. The standard InChI is InChI=1S/C17H17NO9/c1-24-15(20)14(16(21)25-2)12(13-11(19)8-27-17(13)26-3)9-4-6-10(7-5-9)18(22)23/h4-7,12,14H,8H2,1-3H3. The van der Waals surface area contributed by atoms with E-state index in [0.717, 1.165) is 14.2 Å². The number of carbonyl (C=O) groups is 3. The van der Waals surface area contributed by atoms with Gasteiger partial charge in [0.2, 0.25) is 5.78 Å². The predicted molar refractivity (Wildman–Crippen MR) is 88.4 cm³/mol. The minimum absolute atomic E-state index is 0.0489. The Morgan fingerprint density at radius 2 is 1.67 bits per heavy atom.